The van der Waals surface area contributed by atoms with Gasteiger partial charge in [-0.3, -0.25) is 19.5 Å². The van der Waals surface area contributed by atoms with Crippen LogP contribution in [0.25, 0.3) is 0 Å². The summed E-state index contributed by atoms with van der Waals surface area (Å²) in [6.45, 7) is 3.67. The average molecular weight is 464 g/mol. The fourth-order valence-corrected chi connectivity index (χ4v) is 4.13. The molecule has 2 N–H and O–H groups in total. The first-order valence-corrected chi connectivity index (χ1v) is 11.3. The highest BCUT2D eigenvalue weighted by atomic mass is 16.5. The van der Waals surface area contributed by atoms with E-state index < -0.39 is 11.8 Å². The molecule has 0 radical (unpaired) electrons. The van der Waals surface area contributed by atoms with Gasteiger partial charge >= 0.3 is 11.8 Å². The molecule has 1 atom stereocenters. The van der Waals surface area contributed by atoms with Gasteiger partial charge in [-0.15, -0.1) is 0 Å². The molecule has 0 aliphatic carbocycles. The van der Waals surface area contributed by atoms with Crippen LogP contribution in [0.1, 0.15) is 17.4 Å². The molecule has 1 saturated heterocycles. The molecule has 3 aromatic rings. The number of hydrogen-bond donors (Lipinski definition) is 2. The van der Waals surface area contributed by atoms with E-state index in [1.165, 1.54) is 6.26 Å². The number of nitrogens with one attached hydrogen (secondary N) is 2. The lowest BCUT2D eigenvalue weighted by Crippen LogP contribution is -2.51. The third kappa shape index (κ3) is 5.74. The minimum atomic E-state index is -0.692. The molecule has 1 aliphatic heterocycles. The van der Waals surface area contributed by atoms with Crippen LogP contribution in [-0.2, 0) is 16.1 Å². The van der Waals surface area contributed by atoms with Gasteiger partial charge in [-0.1, -0.05) is 18.2 Å². The minimum absolute atomic E-state index is 0.102. The van der Waals surface area contributed by atoms with Gasteiger partial charge in [0, 0.05) is 45.1 Å². The molecule has 0 saturated carbocycles. The number of hydrogen-bond acceptors (Lipinski definition) is 7. The number of carbonyl (C=O) groups is 2. The van der Waals surface area contributed by atoms with Crippen LogP contribution in [0.3, 0.4) is 0 Å². The van der Waals surface area contributed by atoms with Gasteiger partial charge in [0.05, 0.1) is 31.6 Å². The number of ether oxygens (including phenoxy) is 1. The number of nitrogens with zero attached hydrogens (tertiary/aromatic N) is 3. The number of amides is 2. The summed E-state index contributed by atoms with van der Waals surface area (Å²) in [5.41, 5.74) is 2.06. The molecule has 178 valence electrons. The van der Waals surface area contributed by atoms with Crippen molar-refractivity contribution in [3.63, 3.8) is 0 Å². The Labute approximate surface area is 198 Å². The summed E-state index contributed by atoms with van der Waals surface area (Å²) in [6.07, 6.45) is 5.05. The summed E-state index contributed by atoms with van der Waals surface area (Å²) in [5, 5.41) is 5.36. The highest BCUT2D eigenvalue weighted by Crippen LogP contribution is 2.30. The third-order valence-corrected chi connectivity index (χ3v) is 5.92. The number of piperazine rings is 1. The molecule has 3 heterocycles. The second-order valence-electron chi connectivity index (χ2n) is 7.97. The molecule has 0 unspecified atom stereocenters. The van der Waals surface area contributed by atoms with Crippen molar-refractivity contribution < 1.29 is 18.7 Å². The van der Waals surface area contributed by atoms with Crippen LogP contribution in [-0.4, -0.2) is 61.5 Å². The van der Waals surface area contributed by atoms with Gasteiger partial charge in [-0.2, -0.15) is 0 Å². The molecule has 1 fully saturated rings. The summed E-state index contributed by atoms with van der Waals surface area (Å²) in [5.74, 6) is 0.0744. The summed E-state index contributed by atoms with van der Waals surface area (Å²) in [6, 6.07) is 15.2. The van der Waals surface area contributed by atoms with Crippen molar-refractivity contribution in [1.82, 2.24) is 20.5 Å². The first-order chi connectivity index (χ1) is 16.7. The quantitative estimate of drug-likeness (QED) is 0.493. The lowest BCUT2D eigenvalue weighted by Gasteiger charge is -2.40. The molecule has 9 heteroatoms. The highest BCUT2D eigenvalue weighted by Gasteiger charge is 2.27. The van der Waals surface area contributed by atoms with Crippen LogP contribution < -0.4 is 20.3 Å². The third-order valence-electron chi connectivity index (χ3n) is 5.92. The minimum Gasteiger partial charge on any atom is -0.495 e. The molecule has 0 spiro atoms. The van der Waals surface area contributed by atoms with Crippen molar-refractivity contribution in [2.45, 2.75) is 12.6 Å². The van der Waals surface area contributed by atoms with Crippen molar-refractivity contribution in [2.75, 3.05) is 44.7 Å². The summed E-state index contributed by atoms with van der Waals surface area (Å²) < 4.78 is 10.7. The van der Waals surface area contributed by atoms with Gasteiger partial charge in [-0.25, -0.2) is 0 Å². The smallest absolute Gasteiger partial charge is 0.309 e. The molecule has 1 aliphatic rings. The number of rotatable bonds is 8. The van der Waals surface area contributed by atoms with E-state index in [1.807, 2.05) is 30.3 Å². The van der Waals surface area contributed by atoms with E-state index >= 15 is 0 Å². The lowest BCUT2D eigenvalue weighted by atomic mass is 10.1. The van der Waals surface area contributed by atoms with Crippen LogP contribution >= 0.6 is 0 Å². The van der Waals surface area contributed by atoms with Crippen molar-refractivity contribution in [3.8, 4) is 5.75 Å². The van der Waals surface area contributed by atoms with E-state index in [0.717, 1.165) is 43.2 Å². The van der Waals surface area contributed by atoms with Gasteiger partial charge in [-0.05, 0) is 35.9 Å². The molecular weight excluding hydrogens is 434 g/mol. The second kappa shape index (κ2) is 11.3. The van der Waals surface area contributed by atoms with Crippen LogP contribution in [0.15, 0.2) is 71.6 Å². The number of anilines is 1. The Morgan fingerprint density at radius 3 is 2.53 bits per heavy atom. The molecule has 1 aromatic carbocycles. The number of aromatic nitrogens is 1. The number of furan rings is 1. The van der Waals surface area contributed by atoms with Gasteiger partial charge in [0.1, 0.15) is 11.5 Å². The van der Waals surface area contributed by atoms with Gasteiger partial charge in [0.2, 0.25) is 0 Å². The highest BCUT2D eigenvalue weighted by molar-refractivity contribution is 6.35. The molecule has 4 rings (SSSR count). The maximum absolute atomic E-state index is 12.4. The molecule has 34 heavy (non-hydrogen) atoms. The summed E-state index contributed by atoms with van der Waals surface area (Å²) in [4.78, 5) is 33.5. The van der Waals surface area contributed by atoms with E-state index in [0.29, 0.717) is 12.3 Å². The Morgan fingerprint density at radius 2 is 1.82 bits per heavy atom. The monoisotopic (exact) mass is 463 g/mol. The Bertz CT molecular complexity index is 1070. The Morgan fingerprint density at radius 1 is 1.03 bits per heavy atom. The SMILES string of the molecule is COc1ccccc1N1CCN([C@H](CNC(=O)C(=O)NCc2ccco2)c2cccnc2)CC1. The van der Waals surface area contributed by atoms with E-state index in [9.17, 15) is 9.59 Å². The normalized spacial score (nSPS) is 14.9. The van der Waals surface area contributed by atoms with Crippen LogP contribution in [0, 0.1) is 0 Å². The van der Waals surface area contributed by atoms with Crippen LogP contribution in [0.4, 0.5) is 5.69 Å². The number of pyridine rings is 1. The fourth-order valence-electron chi connectivity index (χ4n) is 4.13. The molecule has 0 bridgehead atoms. The summed E-state index contributed by atoms with van der Waals surface area (Å²) in [7, 11) is 1.68. The van der Waals surface area contributed by atoms with E-state index in [1.54, 1.807) is 31.6 Å². The van der Waals surface area contributed by atoms with E-state index in [2.05, 4.69) is 31.5 Å². The van der Waals surface area contributed by atoms with Crippen molar-refractivity contribution >= 4 is 17.5 Å². The van der Waals surface area contributed by atoms with Gasteiger partial charge in [0.25, 0.3) is 0 Å². The predicted octanol–water partition coefficient (Wildman–Crippen LogP) is 1.98. The maximum atomic E-state index is 12.4. The standard InChI is InChI=1S/C25H29N5O4/c1-33-23-9-3-2-8-21(23)29-11-13-30(14-12-29)22(19-6-4-10-26-16-19)18-28-25(32)24(31)27-17-20-7-5-15-34-20/h2-10,15-16,22H,11-14,17-18H2,1H3,(H,27,31)(H,28,32)/t22-/m1/s1. The predicted molar refractivity (Wildman–Crippen MR) is 127 cm³/mol. The zero-order chi connectivity index (χ0) is 23.8. The first-order valence-electron chi connectivity index (χ1n) is 11.3. The zero-order valence-electron chi connectivity index (χ0n) is 19.1. The lowest BCUT2D eigenvalue weighted by molar-refractivity contribution is -0.139. The maximum Gasteiger partial charge on any atom is 0.309 e. The fraction of sp³-hybridized carbons (Fsp3) is 0.320. The molecule has 2 amide bonds. The van der Waals surface area contributed by atoms with Crippen LogP contribution in [0.5, 0.6) is 5.75 Å². The Hall–Kier alpha value is -3.85. The largest absolute Gasteiger partial charge is 0.495 e. The molecule has 9 nitrogen and oxygen atoms in total. The Balaban J connectivity index is 1.37. The molecular formula is C25H29N5O4. The van der Waals surface area contributed by atoms with Crippen molar-refractivity contribution in [1.29, 1.82) is 0 Å². The van der Waals surface area contributed by atoms with Gasteiger partial charge < -0.3 is 24.7 Å². The van der Waals surface area contributed by atoms with Crippen LogP contribution in [0.2, 0.25) is 0 Å². The van der Waals surface area contributed by atoms with Crippen molar-refractivity contribution in [3.05, 3.63) is 78.5 Å². The number of methoxy groups -OCH3 is 1. The zero-order valence-corrected chi connectivity index (χ0v) is 19.1. The number of para-hydroxylation sites is 2. The van der Waals surface area contributed by atoms with E-state index in [4.69, 9.17) is 9.15 Å². The topological polar surface area (TPSA) is 99.9 Å². The number of benzene rings is 1. The van der Waals surface area contributed by atoms with Crippen molar-refractivity contribution in [2.24, 2.45) is 0 Å². The average Bonchev–Trinajstić information content (AvgIpc) is 3.42. The van der Waals surface area contributed by atoms with Gasteiger partial charge in [0.15, 0.2) is 0 Å². The first kappa shape index (κ1) is 23.3. The summed E-state index contributed by atoms with van der Waals surface area (Å²) >= 11 is 0. The second-order valence-corrected chi connectivity index (χ2v) is 7.97. The number of carbonyl (C=O) groups excluding carboxylic acids is 2. The Kier molecular flexibility index (Phi) is 7.77. The molecule has 2 aromatic heterocycles. The van der Waals surface area contributed by atoms with E-state index in [-0.39, 0.29) is 12.6 Å².